The van der Waals surface area contributed by atoms with E-state index >= 15 is 0 Å². The summed E-state index contributed by atoms with van der Waals surface area (Å²) in [6, 6.07) is 12.1. The molecule has 0 saturated carbocycles. The standard InChI is InChI=1S/C15H17FN2O/c1-19-15-7-6-12(16)10-11(15)8-9-18-14-5-3-2-4-13(14)17/h2-7,10,18H,8-9,17H2,1H3. The number of nitrogen functional groups attached to an aromatic ring is 1. The third-order valence-corrected chi connectivity index (χ3v) is 2.91. The number of anilines is 2. The molecule has 0 saturated heterocycles. The highest BCUT2D eigenvalue weighted by Gasteiger charge is 2.05. The van der Waals surface area contributed by atoms with Crippen LogP contribution in [0.3, 0.4) is 0 Å². The Morgan fingerprint density at radius 2 is 2.00 bits per heavy atom. The van der Waals surface area contributed by atoms with Crippen LogP contribution in [-0.2, 0) is 6.42 Å². The molecule has 0 bridgehead atoms. The Morgan fingerprint density at radius 3 is 2.74 bits per heavy atom. The monoisotopic (exact) mass is 260 g/mol. The lowest BCUT2D eigenvalue weighted by Crippen LogP contribution is -2.07. The van der Waals surface area contributed by atoms with Crippen molar-refractivity contribution < 1.29 is 9.13 Å². The second-order valence-corrected chi connectivity index (χ2v) is 4.22. The van der Waals surface area contributed by atoms with Gasteiger partial charge in [0.15, 0.2) is 0 Å². The lowest BCUT2D eigenvalue weighted by Gasteiger charge is -2.11. The highest BCUT2D eigenvalue weighted by Crippen LogP contribution is 2.21. The van der Waals surface area contributed by atoms with E-state index in [-0.39, 0.29) is 5.82 Å². The zero-order valence-electron chi connectivity index (χ0n) is 10.8. The molecule has 0 fully saturated rings. The van der Waals surface area contributed by atoms with Gasteiger partial charge >= 0.3 is 0 Å². The van der Waals surface area contributed by atoms with Crippen molar-refractivity contribution in [2.45, 2.75) is 6.42 Å². The number of nitrogens with two attached hydrogens (primary N) is 1. The summed E-state index contributed by atoms with van der Waals surface area (Å²) in [6.07, 6.45) is 0.662. The van der Waals surface area contributed by atoms with Crippen molar-refractivity contribution >= 4 is 11.4 Å². The van der Waals surface area contributed by atoms with Gasteiger partial charge in [-0.2, -0.15) is 0 Å². The van der Waals surface area contributed by atoms with Crippen LogP contribution in [0.25, 0.3) is 0 Å². The fourth-order valence-electron chi connectivity index (χ4n) is 1.93. The number of ether oxygens (including phenoxy) is 1. The number of hydrogen-bond acceptors (Lipinski definition) is 3. The smallest absolute Gasteiger partial charge is 0.123 e. The molecule has 0 radical (unpaired) electrons. The number of para-hydroxylation sites is 2. The Labute approximate surface area is 112 Å². The molecular weight excluding hydrogens is 243 g/mol. The van der Waals surface area contributed by atoms with Gasteiger partial charge in [-0.15, -0.1) is 0 Å². The van der Waals surface area contributed by atoms with Gasteiger partial charge in [0, 0.05) is 6.54 Å². The highest BCUT2D eigenvalue weighted by molar-refractivity contribution is 5.65. The van der Waals surface area contributed by atoms with E-state index in [1.54, 1.807) is 13.2 Å². The van der Waals surface area contributed by atoms with Crippen molar-refractivity contribution in [1.82, 2.24) is 0 Å². The second-order valence-electron chi connectivity index (χ2n) is 4.22. The average Bonchev–Trinajstić information content (AvgIpc) is 2.41. The maximum absolute atomic E-state index is 13.2. The van der Waals surface area contributed by atoms with Gasteiger partial charge in [0.05, 0.1) is 18.5 Å². The SMILES string of the molecule is COc1ccc(F)cc1CCNc1ccccc1N. The predicted molar refractivity (Wildman–Crippen MR) is 76.0 cm³/mol. The van der Waals surface area contributed by atoms with Crippen molar-refractivity contribution in [3.8, 4) is 5.75 Å². The van der Waals surface area contributed by atoms with Crippen molar-refractivity contribution in [3.05, 3.63) is 53.8 Å². The summed E-state index contributed by atoms with van der Waals surface area (Å²) in [5, 5.41) is 3.23. The Kier molecular flexibility index (Phi) is 4.23. The molecule has 0 heterocycles. The minimum atomic E-state index is -0.255. The fraction of sp³-hybridized carbons (Fsp3) is 0.200. The molecule has 100 valence electrons. The van der Waals surface area contributed by atoms with Gasteiger partial charge in [-0.1, -0.05) is 12.1 Å². The molecule has 0 unspecified atom stereocenters. The summed E-state index contributed by atoms with van der Waals surface area (Å²) in [6.45, 7) is 0.661. The molecule has 3 N–H and O–H groups in total. The third kappa shape index (κ3) is 3.37. The fourth-order valence-corrected chi connectivity index (χ4v) is 1.93. The number of hydrogen-bond donors (Lipinski definition) is 2. The number of halogens is 1. The van der Waals surface area contributed by atoms with Crippen molar-refractivity contribution in [2.75, 3.05) is 24.7 Å². The highest BCUT2D eigenvalue weighted by atomic mass is 19.1. The lowest BCUT2D eigenvalue weighted by molar-refractivity contribution is 0.408. The molecule has 0 amide bonds. The average molecular weight is 260 g/mol. The maximum atomic E-state index is 13.2. The van der Waals surface area contributed by atoms with Crippen LogP contribution in [-0.4, -0.2) is 13.7 Å². The van der Waals surface area contributed by atoms with Crippen molar-refractivity contribution in [3.63, 3.8) is 0 Å². The summed E-state index contributed by atoms with van der Waals surface area (Å²) < 4.78 is 18.4. The maximum Gasteiger partial charge on any atom is 0.123 e. The molecule has 3 nitrogen and oxygen atoms in total. The lowest BCUT2D eigenvalue weighted by atomic mass is 10.1. The zero-order valence-corrected chi connectivity index (χ0v) is 10.8. The Bertz CT molecular complexity index is 558. The molecular formula is C15H17FN2O. The van der Waals surface area contributed by atoms with E-state index in [0.717, 1.165) is 11.3 Å². The summed E-state index contributed by atoms with van der Waals surface area (Å²) in [7, 11) is 1.58. The van der Waals surface area contributed by atoms with Crippen LogP contribution in [0.1, 0.15) is 5.56 Å². The van der Waals surface area contributed by atoms with Gasteiger partial charge in [-0.05, 0) is 42.3 Å². The number of methoxy groups -OCH3 is 1. The summed E-state index contributed by atoms with van der Waals surface area (Å²) in [5.41, 5.74) is 8.26. The number of benzene rings is 2. The Balaban J connectivity index is 2.00. The number of nitrogens with one attached hydrogen (secondary N) is 1. The van der Waals surface area contributed by atoms with Gasteiger partial charge in [0.25, 0.3) is 0 Å². The van der Waals surface area contributed by atoms with E-state index in [9.17, 15) is 4.39 Å². The van der Waals surface area contributed by atoms with Crippen LogP contribution in [0.4, 0.5) is 15.8 Å². The van der Waals surface area contributed by atoms with Gasteiger partial charge < -0.3 is 15.8 Å². The zero-order chi connectivity index (χ0) is 13.7. The summed E-state index contributed by atoms with van der Waals surface area (Å²) in [4.78, 5) is 0. The minimum Gasteiger partial charge on any atom is -0.496 e. The van der Waals surface area contributed by atoms with Gasteiger partial charge in [0.1, 0.15) is 11.6 Å². The third-order valence-electron chi connectivity index (χ3n) is 2.91. The molecule has 0 aliphatic rings. The molecule has 2 rings (SSSR count). The molecule has 0 aromatic heterocycles. The predicted octanol–water partition coefficient (Wildman–Crippen LogP) is 3.07. The number of rotatable bonds is 5. The van der Waals surface area contributed by atoms with E-state index in [0.29, 0.717) is 24.4 Å². The first-order valence-corrected chi connectivity index (χ1v) is 6.11. The first kappa shape index (κ1) is 13.2. The van der Waals surface area contributed by atoms with Crippen LogP contribution in [0.2, 0.25) is 0 Å². The van der Waals surface area contributed by atoms with Gasteiger partial charge in [0.2, 0.25) is 0 Å². The van der Waals surface area contributed by atoms with E-state index in [4.69, 9.17) is 10.5 Å². The molecule has 4 heteroatoms. The molecule has 2 aromatic carbocycles. The summed E-state index contributed by atoms with van der Waals surface area (Å²) >= 11 is 0. The molecule has 0 spiro atoms. The van der Waals surface area contributed by atoms with Crippen LogP contribution in [0.15, 0.2) is 42.5 Å². The van der Waals surface area contributed by atoms with Crippen LogP contribution < -0.4 is 15.8 Å². The van der Waals surface area contributed by atoms with Crippen LogP contribution in [0, 0.1) is 5.82 Å². The molecule has 0 aliphatic heterocycles. The Morgan fingerprint density at radius 1 is 1.21 bits per heavy atom. The van der Waals surface area contributed by atoms with E-state index in [2.05, 4.69) is 5.32 Å². The topological polar surface area (TPSA) is 47.3 Å². The molecule has 2 aromatic rings. The quantitative estimate of drug-likeness (QED) is 0.812. The molecule has 0 atom stereocenters. The minimum absolute atomic E-state index is 0.255. The van der Waals surface area contributed by atoms with E-state index in [1.165, 1.54) is 12.1 Å². The van der Waals surface area contributed by atoms with Crippen molar-refractivity contribution in [1.29, 1.82) is 0 Å². The normalized spacial score (nSPS) is 10.2. The van der Waals surface area contributed by atoms with Gasteiger partial charge in [-0.3, -0.25) is 0 Å². The second kappa shape index (κ2) is 6.09. The first-order valence-electron chi connectivity index (χ1n) is 6.11. The largest absolute Gasteiger partial charge is 0.496 e. The van der Waals surface area contributed by atoms with E-state index < -0.39 is 0 Å². The Hall–Kier alpha value is -2.23. The van der Waals surface area contributed by atoms with Gasteiger partial charge in [-0.25, -0.2) is 4.39 Å². The molecule has 0 aliphatic carbocycles. The van der Waals surface area contributed by atoms with Crippen molar-refractivity contribution in [2.24, 2.45) is 0 Å². The molecule has 19 heavy (non-hydrogen) atoms. The summed E-state index contributed by atoms with van der Waals surface area (Å²) in [5.74, 6) is 0.444. The first-order chi connectivity index (χ1) is 9.20. The van der Waals surface area contributed by atoms with Crippen LogP contribution >= 0.6 is 0 Å². The van der Waals surface area contributed by atoms with E-state index in [1.807, 2.05) is 24.3 Å². The van der Waals surface area contributed by atoms with Crippen LogP contribution in [0.5, 0.6) is 5.75 Å².